The smallest absolute Gasteiger partial charge is 0.311 e. The van der Waals surface area contributed by atoms with Crippen LogP contribution in [-0.2, 0) is 0 Å². The molecule has 0 spiro atoms. The topological polar surface area (TPSA) is 126 Å². The van der Waals surface area contributed by atoms with E-state index in [4.69, 9.17) is 89.2 Å². The van der Waals surface area contributed by atoms with Crippen LogP contribution in [0.3, 0.4) is 0 Å². The molecule has 18 heteroatoms. The van der Waals surface area contributed by atoms with Crippen LogP contribution in [0.15, 0.2) is 84.4 Å². The second-order valence-electron chi connectivity index (χ2n) is 9.78. The molecule has 0 unspecified atom stereocenters. The fourth-order valence-electron chi connectivity index (χ4n) is 3.83. The molecule has 0 saturated carbocycles. The number of methoxy groups -OCH3 is 2. The molecule has 0 radical (unpaired) electrons. The van der Waals surface area contributed by atoms with Crippen molar-refractivity contribution in [2.75, 3.05) is 33.1 Å². The lowest BCUT2D eigenvalue weighted by Gasteiger charge is -2.20. The summed E-state index contributed by atoms with van der Waals surface area (Å²) in [6, 6.07) is 17.9. The standard InChI is InChI=1S/2C13H9Cl2NO4.C8H14ClNS2/c2*1-19-13-7-9(3-4-11(13)16(17)18)20-12-5-2-8(14)6-10(12)15;1-4-10(5-2)8(11)12-6-7(3)9/h2*2-7H,1H3;3-6H2,1-2H3. The van der Waals surface area contributed by atoms with E-state index in [9.17, 15) is 20.2 Å². The number of thioether (sulfide) groups is 1. The Hall–Kier alpha value is -3.69. The van der Waals surface area contributed by atoms with Crippen LogP contribution in [0.4, 0.5) is 11.4 Å². The maximum Gasteiger partial charge on any atom is 0.311 e. The van der Waals surface area contributed by atoms with Crippen molar-refractivity contribution in [1.29, 1.82) is 0 Å². The second-order valence-corrected chi connectivity index (χ2v) is 13.6. The van der Waals surface area contributed by atoms with Crippen molar-refractivity contribution >= 4 is 97.7 Å². The molecular formula is C34H32Cl5N3O8S2. The van der Waals surface area contributed by atoms with Gasteiger partial charge in [-0.05, 0) is 62.4 Å². The highest BCUT2D eigenvalue weighted by molar-refractivity contribution is 8.23. The molecule has 4 aromatic carbocycles. The minimum absolute atomic E-state index is 0.109. The Bertz CT molecular complexity index is 1770. The number of nitro benzene ring substituents is 2. The van der Waals surface area contributed by atoms with Crippen LogP contribution in [0.2, 0.25) is 20.1 Å². The predicted octanol–water partition coefficient (Wildman–Crippen LogP) is 12.5. The van der Waals surface area contributed by atoms with Gasteiger partial charge in [0.15, 0.2) is 0 Å². The molecule has 52 heavy (non-hydrogen) atoms. The Morgan fingerprint density at radius 1 is 0.731 bits per heavy atom. The largest absolute Gasteiger partial charge is 0.490 e. The first kappa shape index (κ1) is 44.5. The first-order chi connectivity index (χ1) is 24.6. The van der Waals surface area contributed by atoms with Gasteiger partial charge in [0.05, 0.1) is 34.1 Å². The third kappa shape index (κ3) is 14.4. The normalized spacial score (nSPS) is 10.0. The van der Waals surface area contributed by atoms with E-state index < -0.39 is 9.85 Å². The van der Waals surface area contributed by atoms with E-state index in [0.29, 0.717) is 53.9 Å². The summed E-state index contributed by atoms with van der Waals surface area (Å²) < 4.78 is 21.9. The summed E-state index contributed by atoms with van der Waals surface area (Å²) in [6.45, 7) is 9.69. The van der Waals surface area contributed by atoms with E-state index in [2.05, 4.69) is 25.3 Å². The van der Waals surface area contributed by atoms with Crippen LogP contribution in [0.1, 0.15) is 13.8 Å². The zero-order valence-electron chi connectivity index (χ0n) is 28.1. The highest BCUT2D eigenvalue weighted by Gasteiger charge is 2.17. The number of benzene rings is 4. The van der Waals surface area contributed by atoms with Crippen molar-refractivity contribution in [3.63, 3.8) is 0 Å². The van der Waals surface area contributed by atoms with Gasteiger partial charge in [-0.1, -0.05) is 88.6 Å². The molecule has 0 aliphatic carbocycles. The predicted molar refractivity (Wildman–Crippen MR) is 215 cm³/mol. The molecule has 0 aliphatic heterocycles. The van der Waals surface area contributed by atoms with Crippen LogP contribution in [0.5, 0.6) is 34.5 Å². The van der Waals surface area contributed by atoms with Gasteiger partial charge in [-0.2, -0.15) is 0 Å². The Labute approximate surface area is 335 Å². The van der Waals surface area contributed by atoms with Gasteiger partial charge in [0, 0.05) is 58.2 Å². The van der Waals surface area contributed by atoms with Crippen molar-refractivity contribution in [3.8, 4) is 34.5 Å². The summed E-state index contributed by atoms with van der Waals surface area (Å²) in [4.78, 5) is 22.6. The number of thiocarbonyl (C=S) groups is 1. The zero-order valence-corrected chi connectivity index (χ0v) is 33.5. The quantitative estimate of drug-likeness (QED) is 0.0768. The average Bonchev–Trinajstić information content (AvgIpc) is 3.10. The lowest BCUT2D eigenvalue weighted by Crippen LogP contribution is -2.26. The van der Waals surface area contributed by atoms with E-state index in [1.807, 2.05) is 0 Å². The molecule has 0 saturated heterocycles. The maximum atomic E-state index is 10.8. The van der Waals surface area contributed by atoms with Gasteiger partial charge in [-0.15, -0.1) is 0 Å². The molecule has 0 aliphatic rings. The summed E-state index contributed by atoms with van der Waals surface area (Å²) in [5.41, 5.74) is -0.274. The molecule has 11 nitrogen and oxygen atoms in total. The van der Waals surface area contributed by atoms with Crippen molar-refractivity contribution in [3.05, 3.63) is 125 Å². The van der Waals surface area contributed by atoms with Crippen LogP contribution >= 0.6 is 82.0 Å². The minimum atomic E-state index is -0.530. The van der Waals surface area contributed by atoms with Crippen LogP contribution in [-0.4, -0.2) is 52.1 Å². The molecule has 0 heterocycles. The van der Waals surface area contributed by atoms with E-state index in [1.54, 1.807) is 48.2 Å². The van der Waals surface area contributed by atoms with Gasteiger partial charge < -0.3 is 23.8 Å². The highest BCUT2D eigenvalue weighted by Crippen LogP contribution is 2.37. The summed E-state index contributed by atoms with van der Waals surface area (Å²) >= 11 is 35.9. The molecular weight excluding hydrogens is 820 g/mol. The second kappa shape index (κ2) is 22.4. The molecule has 0 atom stereocenters. The summed E-state index contributed by atoms with van der Waals surface area (Å²) in [7, 11) is 2.70. The molecule has 0 amide bonds. The number of halogens is 5. The number of nitrogens with zero attached hydrogens (tertiary/aromatic N) is 3. The van der Waals surface area contributed by atoms with Crippen molar-refractivity contribution in [2.45, 2.75) is 13.8 Å². The van der Waals surface area contributed by atoms with Gasteiger partial charge in [-0.25, -0.2) is 0 Å². The molecule has 0 aromatic heterocycles. The van der Waals surface area contributed by atoms with Crippen LogP contribution in [0, 0.1) is 20.2 Å². The Kier molecular flexibility index (Phi) is 19.2. The number of ether oxygens (including phenoxy) is 4. The van der Waals surface area contributed by atoms with Gasteiger partial charge in [-0.3, -0.25) is 20.2 Å². The van der Waals surface area contributed by atoms with Gasteiger partial charge >= 0.3 is 11.4 Å². The molecule has 4 aromatic rings. The number of nitro groups is 2. The van der Waals surface area contributed by atoms with E-state index >= 15 is 0 Å². The molecule has 0 fully saturated rings. The third-order valence-corrected chi connectivity index (χ3v) is 9.28. The van der Waals surface area contributed by atoms with Gasteiger partial charge in [0.25, 0.3) is 0 Å². The van der Waals surface area contributed by atoms with Crippen LogP contribution < -0.4 is 18.9 Å². The SMILES string of the molecule is C=C(Cl)CSC(=S)N(CC)CC.COc1cc(Oc2ccc(Cl)cc2Cl)ccc1[N+](=O)[O-].COc1cc(Oc2ccc(Cl)cc2Cl)ccc1[N+](=O)[O-]. The van der Waals surface area contributed by atoms with Crippen LogP contribution in [0.25, 0.3) is 0 Å². The average molecular weight is 852 g/mol. The van der Waals surface area contributed by atoms with Crippen molar-refractivity contribution < 1.29 is 28.8 Å². The Morgan fingerprint density at radius 3 is 1.44 bits per heavy atom. The lowest BCUT2D eigenvalue weighted by molar-refractivity contribution is -0.385. The van der Waals surface area contributed by atoms with Gasteiger partial charge in [0.2, 0.25) is 11.5 Å². The third-order valence-electron chi connectivity index (χ3n) is 6.31. The van der Waals surface area contributed by atoms with Crippen molar-refractivity contribution in [1.82, 2.24) is 4.90 Å². The van der Waals surface area contributed by atoms with Gasteiger partial charge in [0.1, 0.15) is 27.3 Å². The summed E-state index contributed by atoms with van der Waals surface area (Å²) in [5, 5.41) is 23.9. The first-order valence-electron chi connectivity index (χ1n) is 14.8. The molecule has 278 valence electrons. The Balaban J connectivity index is 0.000000280. The highest BCUT2D eigenvalue weighted by atomic mass is 35.5. The lowest BCUT2D eigenvalue weighted by atomic mass is 10.2. The monoisotopic (exact) mass is 849 g/mol. The summed E-state index contributed by atoms with van der Waals surface area (Å²) in [5.74, 6) is 2.46. The summed E-state index contributed by atoms with van der Waals surface area (Å²) in [6.07, 6.45) is 0. The molecule has 4 rings (SSSR count). The molecule has 0 bridgehead atoms. The van der Waals surface area contributed by atoms with E-state index in [1.165, 1.54) is 50.6 Å². The first-order valence-corrected chi connectivity index (χ1v) is 18.1. The van der Waals surface area contributed by atoms with Crippen molar-refractivity contribution in [2.24, 2.45) is 0 Å². The maximum absolute atomic E-state index is 10.8. The Morgan fingerprint density at radius 2 is 1.13 bits per heavy atom. The zero-order chi connectivity index (χ0) is 39.0. The fourth-order valence-corrected chi connectivity index (χ4v) is 6.04. The molecule has 0 N–H and O–H groups in total. The minimum Gasteiger partial charge on any atom is -0.490 e. The van der Waals surface area contributed by atoms with E-state index in [0.717, 1.165) is 17.4 Å². The number of rotatable bonds is 12. The number of hydrogen-bond donors (Lipinski definition) is 0. The fraction of sp³-hybridized carbons (Fsp3) is 0.206. The number of hydrogen-bond acceptors (Lipinski definition) is 10. The van der Waals surface area contributed by atoms with E-state index in [-0.39, 0.29) is 22.9 Å².